The van der Waals surface area contributed by atoms with Gasteiger partial charge in [-0.2, -0.15) is 0 Å². The number of rotatable bonds is 2. The van der Waals surface area contributed by atoms with Crippen LogP contribution in [0.3, 0.4) is 0 Å². The van der Waals surface area contributed by atoms with Crippen LogP contribution < -0.4 is 16.6 Å². The third kappa shape index (κ3) is 2.60. The first-order chi connectivity index (χ1) is 7.06. The summed E-state index contributed by atoms with van der Waals surface area (Å²) in [6.45, 7) is 0. The van der Waals surface area contributed by atoms with Crippen molar-refractivity contribution in [3.8, 4) is 0 Å². The van der Waals surface area contributed by atoms with Crippen LogP contribution in [0.4, 0.5) is 5.69 Å². The summed E-state index contributed by atoms with van der Waals surface area (Å²) in [5.74, 6) is -0.0106. The Morgan fingerprint density at radius 1 is 1.73 bits per heavy atom. The highest BCUT2D eigenvalue weighted by Gasteiger charge is 2.04. The quantitative estimate of drug-likeness (QED) is 0.511. The van der Waals surface area contributed by atoms with Crippen LogP contribution in [0.15, 0.2) is 29.3 Å². The molecule has 6 heteroatoms. The topological polar surface area (TPSA) is 83.9 Å². The van der Waals surface area contributed by atoms with Crippen LogP contribution in [0, 0.1) is 5.41 Å². The smallest absolute Gasteiger partial charge is 0.279 e. The number of anilines is 1. The Morgan fingerprint density at radius 2 is 2.40 bits per heavy atom. The van der Waals surface area contributed by atoms with Gasteiger partial charge in [-0.3, -0.25) is 14.8 Å². The molecule has 1 aromatic heterocycles. The van der Waals surface area contributed by atoms with Gasteiger partial charge < -0.3 is 11.1 Å². The first kappa shape index (κ1) is 11.3. The van der Waals surface area contributed by atoms with Crippen molar-refractivity contribution >= 4 is 23.1 Å². The molecule has 5 nitrogen and oxygen atoms in total. The van der Waals surface area contributed by atoms with E-state index in [-0.39, 0.29) is 11.5 Å². The van der Waals surface area contributed by atoms with Crippen LogP contribution in [0.2, 0.25) is 5.02 Å². The SMILES string of the molecule is CN/C=C\C(=N)n1cc(Cl)cc(N)c1=O. The van der Waals surface area contributed by atoms with Crippen LogP contribution in [-0.4, -0.2) is 17.5 Å². The zero-order valence-electron chi connectivity index (χ0n) is 8.12. The molecule has 4 N–H and O–H groups in total. The van der Waals surface area contributed by atoms with E-state index in [4.69, 9.17) is 22.7 Å². The van der Waals surface area contributed by atoms with Gasteiger partial charge in [0.1, 0.15) is 5.84 Å². The number of aromatic nitrogens is 1. The summed E-state index contributed by atoms with van der Waals surface area (Å²) in [7, 11) is 1.69. The normalized spacial score (nSPS) is 10.5. The summed E-state index contributed by atoms with van der Waals surface area (Å²) >= 11 is 5.72. The average molecular weight is 227 g/mol. The monoisotopic (exact) mass is 226 g/mol. The average Bonchev–Trinajstić information content (AvgIpc) is 2.19. The molecule has 1 heterocycles. The zero-order chi connectivity index (χ0) is 11.4. The number of halogens is 1. The molecule has 15 heavy (non-hydrogen) atoms. The summed E-state index contributed by atoms with van der Waals surface area (Å²) in [6.07, 6.45) is 4.31. The highest BCUT2D eigenvalue weighted by molar-refractivity contribution is 6.30. The molecular formula is C9H11ClN4O. The van der Waals surface area contributed by atoms with Gasteiger partial charge in [-0.1, -0.05) is 11.6 Å². The molecule has 0 spiro atoms. The molecule has 0 atom stereocenters. The van der Waals surface area contributed by atoms with E-state index in [2.05, 4.69) is 5.32 Å². The van der Waals surface area contributed by atoms with Crippen molar-refractivity contribution in [3.05, 3.63) is 39.9 Å². The second-order valence-electron chi connectivity index (χ2n) is 2.80. The van der Waals surface area contributed by atoms with Crippen LogP contribution in [0.1, 0.15) is 0 Å². The van der Waals surface area contributed by atoms with Crippen molar-refractivity contribution in [1.82, 2.24) is 9.88 Å². The molecule has 80 valence electrons. The van der Waals surface area contributed by atoms with E-state index in [1.807, 2.05) is 0 Å². The molecule has 0 radical (unpaired) electrons. The van der Waals surface area contributed by atoms with E-state index in [9.17, 15) is 4.79 Å². The Bertz CT molecular complexity index is 464. The minimum absolute atomic E-state index is 0.0106. The number of nitrogen functional groups attached to an aromatic ring is 1. The molecule has 1 aromatic rings. The molecule has 0 aromatic carbocycles. The van der Waals surface area contributed by atoms with Crippen LogP contribution in [-0.2, 0) is 0 Å². The van der Waals surface area contributed by atoms with Gasteiger partial charge >= 0.3 is 0 Å². The molecular weight excluding hydrogens is 216 g/mol. The maximum Gasteiger partial charge on any atom is 0.279 e. The molecule has 0 saturated heterocycles. The number of pyridine rings is 1. The van der Waals surface area contributed by atoms with Crippen molar-refractivity contribution in [2.24, 2.45) is 0 Å². The highest BCUT2D eigenvalue weighted by Crippen LogP contribution is 2.08. The van der Waals surface area contributed by atoms with Gasteiger partial charge in [0.2, 0.25) is 0 Å². The largest absolute Gasteiger partial charge is 0.394 e. The Labute approximate surface area is 91.7 Å². The lowest BCUT2D eigenvalue weighted by Gasteiger charge is -2.05. The van der Waals surface area contributed by atoms with Crippen molar-refractivity contribution in [2.45, 2.75) is 0 Å². The Hall–Kier alpha value is -1.75. The molecule has 1 rings (SSSR count). The van der Waals surface area contributed by atoms with E-state index in [0.717, 1.165) is 4.57 Å². The van der Waals surface area contributed by atoms with E-state index in [0.29, 0.717) is 5.02 Å². The van der Waals surface area contributed by atoms with Gasteiger partial charge in [-0.15, -0.1) is 0 Å². The predicted octanol–water partition coefficient (Wildman–Crippen LogP) is 0.642. The minimum Gasteiger partial charge on any atom is -0.394 e. The Kier molecular flexibility index (Phi) is 3.51. The molecule has 0 fully saturated rings. The second-order valence-corrected chi connectivity index (χ2v) is 3.23. The molecule has 0 aliphatic heterocycles. The van der Waals surface area contributed by atoms with Crippen LogP contribution in [0.25, 0.3) is 0 Å². The minimum atomic E-state index is -0.454. The van der Waals surface area contributed by atoms with E-state index in [1.165, 1.54) is 24.5 Å². The van der Waals surface area contributed by atoms with Crippen molar-refractivity contribution in [2.75, 3.05) is 12.8 Å². The number of nitrogens with one attached hydrogen (secondary N) is 2. The number of hydrogen-bond donors (Lipinski definition) is 3. The third-order valence-electron chi connectivity index (χ3n) is 1.68. The second kappa shape index (κ2) is 4.65. The standard InChI is InChI=1S/C9H11ClN4O/c1-13-3-2-8(12)14-5-6(10)4-7(11)9(14)15/h2-5,12-13H,11H2,1H3/b3-2-,12-8?. The van der Waals surface area contributed by atoms with Crippen molar-refractivity contribution in [1.29, 1.82) is 5.41 Å². The summed E-state index contributed by atoms with van der Waals surface area (Å²) in [5, 5.41) is 10.6. The molecule has 0 saturated carbocycles. The fraction of sp³-hybridized carbons (Fsp3) is 0.111. The first-order valence-electron chi connectivity index (χ1n) is 4.16. The lowest BCUT2D eigenvalue weighted by atomic mass is 10.4. The number of hydrogen-bond acceptors (Lipinski definition) is 4. The van der Waals surface area contributed by atoms with E-state index in [1.54, 1.807) is 7.05 Å². The molecule has 0 unspecified atom stereocenters. The van der Waals surface area contributed by atoms with Gasteiger partial charge in [0.05, 0.1) is 10.7 Å². The molecule has 0 aliphatic carbocycles. The van der Waals surface area contributed by atoms with Crippen LogP contribution in [0.5, 0.6) is 0 Å². The number of nitrogens with zero attached hydrogens (tertiary/aromatic N) is 1. The van der Waals surface area contributed by atoms with Crippen molar-refractivity contribution < 1.29 is 0 Å². The zero-order valence-corrected chi connectivity index (χ0v) is 8.88. The Morgan fingerprint density at radius 3 is 3.00 bits per heavy atom. The van der Waals surface area contributed by atoms with Gasteiger partial charge in [0.15, 0.2) is 0 Å². The molecule has 0 bridgehead atoms. The lowest BCUT2D eigenvalue weighted by Crippen LogP contribution is -2.27. The maximum atomic E-state index is 11.5. The fourth-order valence-corrected chi connectivity index (χ4v) is 1.21. The molecule has 0 amide bonds. The van der Waals surface area contributed by atoms with Gasteiger partial charge in [0.25, 0.3) is 5.56 Å². The Balaban J connectivity index is 3.20. The molecule has 0 aliphatic rings. The maximum absolute atomic E-state index is 11.5. The van der Waals surface area contributed by atoms with Gasteiger partial charge in [0, 0.05) is 13.2 Å². The third-order valence-corrected chi connectivity index (χ3v) is 1.89. The first-order valence-corrected chi connectivity index (χ1v) is 4.54. The summed E-state index contributed by atoms with van der Waals surface area (Å²) in [5.41, 5.74) is 5.00. The van der Waals surface area contributed by atoms with Crippen LogP contribution >= 0.6 is 11.6 Å². The summed E-state index contributed by atoms with van der Waals surface area (Å²) in [6, 6.07) is 1.36. The van der Waals surface area contributed by atoms with E-state index < -0.39 is 5.56 Å². The number of allylic oxidation sites excluding steroid dienone is 1. The van der Waals surface area contributed by atoms with Crippen molar-refractivity contribution in [3.63, 3.8) is 0 Å². The van der Waals surface area contributed by atoms with Gasteiger partial charge in [-0.25, -0.2) is 0 Å². The highest BCUT2D eigenvalue weighted by atomic mass is 35.5. The summed E-state index contributed by atoms with van der Waals surface area (Å²) < 4.78 is 1.07. The summed E-state index contributed by atoms with van der Waals surface area (Å²) in [4.78, 5) is 11.5. The van der Waals surface area contributed by atoms with Gasteiger partial charge in [-0.05, 0) is 18.3 Å². The fourth-order valence-electron chi connectivity index (χ4n) is 0.990. The predicted molar refractivity (Wildman–Crippen MR) is 61.4 cm³/mol. The number of nitrogens with two attached hydrogens (primary N) is 1. The van der Waals surface area contributed by atoms with E-state index >= 15 is 0 Å². The lowest BCUT2D eigenvalue weighted by molar-refractivity contribution is 1.04.